The molecule has 14 heteroatoms. The van der Waals surface area contributed by atoms with Gasteiger partial charge in [-0.3, -0.25) is 33.6 Å². The summed E-state index contributed by atoms with van der Waals surface area (Å²) in [5, 5.41) is 18.7. The Morgan fingerprint density at radius 1 is 0.600 bits per heavy atom. The SMILES string of the molecule is CCCCC[C@@H](C(=O)C[C@@H](C)C(=O)N[C@@H](CC(=O)NC(c1ccccc1)(c1ccccc1)c1ccccc1)C(=O)O)N(C)C(=O)CCC(=O)[C@@H](C)NC(=O)C(COC(C)(C)C)CC(=O)c1ccc(-c2ccc(CCCC)cc2)cc1. The highest BCUT2D eigenvalue weighted by Gasteiger charge is 2.39. The van der Waals surface area contributed by atoms with Crippen LogP contribution in [0.25, 0.3) is 11.1 Å². The Labute approximate surface area is 472 Å². The molecule has 0 fully saturated rings. The minimum Gasteiger partial charge on any atom is -0.480 e. The molecule has 1 unspecified atom stereocenters. The standard InChI is InChI=1S/C66H82N4O10/c1-9-11-16-30-56(59(73)41-45(3)62(76)68-55(64(78)79)43-60(74)69-66(52-24-17-13-18-25-52,53-26-19-14-20-27-53)54-28-21-15-22-29-54)70(8)61(75)40-39-57(71)46(4)67-63(77)51(44-80-65(5,6)7)42-58(72)50-37-35-49(36-38-50)48-33-31-47(32-34-48)23-12-10-2/h13-15,17-22,24-29,31-38,45-46,51,55-56H,9-12,16,23,30,39-44H2,1-8H3,(H,67,77)(H,68,76)(H,69,74)(H,78,79)/t45-,46-,51?,55+,56+/m1/s1. The van der Waals surface area contributed by atoms with Crippen LogP contribution in [0, 0.1) is 11.8 Å². The Kier molecular flexibility index (Phi) is 24.3. The molecule has 0 spiro atoms. The quantitative estimate of drug-likeness (QED) is 0.0182. The van der Waals surface area contributed by atoms with Crippen LogP contribution in [0.1, 0.15) is 152 Å². The molecule has 0 radical (unpaired) electrons. The summed E-state index contributed by atoms with van der Waals surface area (Å²) in [6, 6.07) is 40.0. The normalized spacial score (nSPS) is 13.4. The Balaban J connectivity index is 1.18. The van der Waals surface area contributed by atoms with Crippen LogP contribution in [-0.2, 0) is 50.3 Å². The van der Waals surface area contributed by atoms with Crippen LogP contribution in [0.4, 0.5) is 0 Å². The number of benzene rings is 5. The summed E-state index contributed by atoms with van der Waals surface area (Å²) in [5.74, 6) is -6.94. The number of Topliss-reactive ketones (excluding diaryl/α,β-unsaturated/α-hetero) is 3. The zero-order valence-corrected chi connectivity index (χ0v) is 47.9. The van der Waals surface area contributed by atoms with Gasteiger partial charge in [-0.15, -0.1) is 0 Å². The van der Waals surface area contributed by atoms with Crippen LogP contribution in [-0.4, -0.2) is 94.3 Å². The summed E-state index contributed by atoms with van der Waals surface area (Å²) in [4.78, 5) is 111. The average molecular weight is 1090 g/mol. The zero-order valence-electron chi connectivity index (χ0n) is 47.9. The van der Waals surface area contributed by atoms with Crippen molar-refractivity contribution in [3.63, 3.8) is 0 Å². The van der Waals surface area contributed by atoms with Gasteiger partial charge in [0.15, 0.2) is 17.3 Å². The summed E-state index contributed by atoms with van der Waals surface area (Å²) < 4.78 is 5.98. The summed E-state index contributed by atoms with van der Waals surface area (Å²) in [5.41, 5.74) is 4.05. The minimum atomic E-state index is -1.65. The van der Waals surface area contributed by atoms with Gasteiger partial charge in [-0.1, -0.05) is 186 Å². The summed E-state index contributed by atoms with van der Waals surface area (Å²) >= 11 is 0. The van der Waals surface area contributed by atoms with E-state index in [-0.39, 0.29) is 38.1 Å². The Morgan fingerprint density at radius 3 is 1.62 bits per heavy atom. The van der Waals surface area contributed by atoms with Crippen molar-refractivity contribution in [3.05, 3.63) is 167 Å². The van der Waals surface area contributed by atoms with Crippen molar-refractivity contribution in [3.8, 4) is 11.1 Å². The van der Waals surface area contributed by atoms with E-state index in [0.29, 0.717) is 18.4 Å². The zero-order chi connectivity index (χ0) is 58.4. The van der Waals surface area contributed by atoms with Crippen molar-refractivity contribution in [2.24, 2.45) is 11.8 Å². The van der Waals surface area contributed by atoms with Crippen molar-refractivity contribution in [2.45, 2.75) is 155 Å². The molecule has 0 bridgehead atoms. The minimum absolute atomic E-state index is 0.0705. The highest BCUT2D eigenvalue weighted by atomic mass is 16.5. The number of ketones is 3. The first kappa shape index (κ1) is 63.3. The van der Waals surface area contributed by atoms with Gasteiger partial charge in [0.05, 0.1) is 36.6 Å². The fraction of sp³-hybridized carbons (Fsp3) is 0.424. The number of likely N-dealkylation sites (N-methyl/N-ethyl adjacent to an activating group) is 1. The fourth-order valence-corrected chi connectivity index (χ4v) is 9.65. The van der Waals surface area contributed by atoms with E-state index >= 15 is 0 Å². The molecule has 0 saturated carbocycles. The van der Waals surface area contributed by atoms with Gasteiger partial charge >= 0.3 is 5.97 Å². The van der Waals surface area contributed by atoms with Crippen LogP contribution < -0.4 is 16.0 Å². The number of ether oxygens (including phenoxy) is 1. The third-order valence-corrected chi connectivity index (χ3v) is 14.5. The second-order valence-electron chi connectivity index (χ2n) is 21.9. The third kappa shape index (κ3) is 18.5. The topological polar surface area (TPSA) is 205 Å². The highest BCUT2D eigenvalue weighted by molar-refractivity contribution is 6.00. The summed E-state index contributed by atoms with van der Waals surface area (Å²) in [6.07, 6.45) is 4.15. The van der Waals surface area contributed by atoms with Crippen molar-refractivity contribution in [1.82, 2.24) is 20.9 Å². The molecule has 426 valence electrons. The molecule has 0 aliphatic rings. The molecule has 0 aliphatic carbocycles. The number of unbranched alkanes of at least 4 members (excludes halogenated alkanes) is 3. The number of amides is 4. The maximum atomic E-state index is 14.1. The summed E-state index contributed by atoms with van der Waals surface area (Å²) in [7, 11) is 1.48. The number of aryl methyl sites for hydroxylation is 1. The van der Waals surface area contributed by atoms with Crippen molar-refractivity contribution in [1.29, 1.82) is 0 Å². The number of carboxylic acids is 1. The molecule has 80 heavy (non-hydrogen) atoms. The molecule has 0 aliphatic heterocycles. The molecule has 0 heterocycles. The van der Waals surface area contributed by atoms with E-state index in [1.807, 2.05) is 131 Å². The van der Waals surface area contributed by atoms with Gasteiger partial charge in [0.1, 0.15) is 11.6 Å². The first-order valence-corrected chi connectivity index (χ1v) is 28.2. The first-order chi connectivity index (χ1) is 38.2. The van der Waals surface area contributed by atoms with E-state index in [1.54, 1.807) is 12.1 Å². The van der Waals surface area contributed by atoms with Gasteiger partial charge in [-0.25, -0.2) is 4.79 Å². The maximum Gasteiger partial charge on any atom is 0.326 e. The second kappa shape index (κ2) is 30.7. The maximum absolute atomic E-state index is 14.1. The summed E-state index contributed by atoms with van der Waals surface area (Å²) in [6.45, 7) is 12.6. The van der Waals surface area contributed by atoms with Crippen LogP contribution in [0.3, 0.4) is 0 Å². The van der Waals surface area contributed by atoms with Crippen molar-refractivity contribution < 1.29 is 48.2 Å². The van der Waals surface area contributed by atoms with Gasteiger partial charge < -0.3 is 30.7 Å². The number of hydrogen-bond donors (Lipinski definition) is 4. The first-order valence-electron chi connectivity index (χ1n) is 28.2. The molecule has 5 atom stereocenters. The molecule has 14 nitrogen and oxygen atoms in total. The second-order valence-corrected chi connectivity index (χ2v) is 21.9. The monoisotopic (exact) mass is 1090 g/mol. The van der Waals surface area contributed by atoms with E-state index in [0.717, 1.165) is 59.9 Å². The lowest BCUT2D eigenvalue weighted by atomic mass is 9.77. The Hall–Kier alpha value is -7.58. The van der Waals surface area contributed by atoms with E-state index in [2.05, 4.69) is 47.1 Å². The Bertz CT molecular complexity index is 2740. The highest BCUT2D eigenvalue weighted by Crippen LogP contribution is 2.37. The van der Waals surface area contributed by atoms with Crippen LogP contribution in [0.2, 0.25) is 0 Å². The molecular formula is C66H82N4O10. The predicted molar refractivity (Wildman–Crippen MR) is 312 cm³/mol. The molecule has 5 aromatic carbocycles. The lowest BCUT2D eigenvalue weighted by molar-refractivity contribution is -0.144. The van der Waals surface area contributed by atoms with E-state index in [1.165, 1.54) is 31.4 Å². The van der Waals surface area contributed by atoms with Gasteiger partial charge in [-0.05, 0) is 80.3 Å². The number of carboxylic acid groups (broad SMARTS) is 1. The lowest BCUT2D eigenvalue weighted by Crippen LogP contribution is -2.51. The van der Waals surface area contributed by atoms with Crippen LogP contribution >= 0.6 is 0 Å². The van der Waals surface area contributed by atoms with E-state index < -0.39 is 88.7 Å². The molecule has 0 saturated heterocycles. The van der Waals surface area contributed by atoms with E-state index in [9.17, 15) is 43.5 Å². The molecule has 4 N–H and O–H groups in total. The van der Waals surface area contributed by atoms with Crippen molar-refractivity contribution >= 4 is 46.9 Å². The number of aliphatic carboxylic acids is 1. The molecule has 0 aromatic heterocycles. The van der Waals surface area contributed by atoms with E-state index in [4.69, 9.17) is 4.74 Å². The van der Waals surface area contributed by atoms with Gasteiger partial charge in [-0.2, -0.15) is 0 Å². The van der Waals surface area contributed by atoms with Gasteiger partial charge in [0.2, 0.25) is 23.6 Å². The smallest absolute Gasteiger partial charge is 0.326 e. The largest absolute Gasteiger partial charge is 0.480 e. The van der Waals surface area contributed by atoms with Gasteiger partial charge in [0.25, 0.3) is 0 Å². The number of carbonyl (C=O) groups is 8. The fourth-order valence-electron chi connectivity index (χ4n) is 9.65. The van der Waals surface area contributed by atoms with Gasteiger partial charge in [0, 0.05) is 44.2 Å². The third-order valence-electron chi connectivity index (χ3n) is 14.5. The number of nitrogens with one attached hydrogen (secondary N) is 3. The number of rotatable bonds is 32. The van der Waals surface area contributed by atoms with Crippen LogP contribution in [0.15, 0.2) is 140 Å². The van der Waals surface area contributed by atoms with Crippen molar-refractivity contribution in [2.75, 3.05) is 13.7 Å². The molecule has 5 rings (SSSR count). The predicted octanol–water partition coefficient (Wildman–Crippen LogP) is 10.6. The number of hydrogen-bond acceptors (Lipinski definition) is 9. The number of nitrogens with zero attached hydrogens (tertiary/aromatic N) is 1. The molecule has 5 aromatic rings. The molecular weight excluding hydrogens is 1010 g/mol. The Morgan fingerprint density at radius 2 is 1.12 bits per heavy atom. The number of carbonyl (C=O) groups excluding carboxylic acids is 7. The van der Waals surface area contributed by atoms with Crippen LogP contribution in [0.5, 0.6) is 0 Å². The molecule has 4 amide bonds. The average Bonchev–Trinajstić information content (AvgIpc) is 3.53. The lowest BCUT2D eigenvalue weighted by Gasteiger charge is -2.37.